The number of nitrogens with zero attached hydrogens (tertiary/aromatic N) is 1. The second-order valence-electron chi connectivity index (χ2n) is 8.61. The number of aromatic nitrogens is 1. The van der Waals surface area contributed by atoms with E-state index in [-0.39, 0.29) is 0 Å². The third-order valence-corrected chi connectivity index (χ3v) is 7.19. The molecular formula is C22H25ClN2. The zero-order chi connectivity index (χ0) is 16.9. The minimum Gasteiger partial charge on any atom is -0.375 e. The first-order chi connectivity index (χ1) is 12.2. The van der Waals surface area contributed by atoms with Crippen molar-refractivity contribution < 1.29 is 0 Å². The quantitative estimate of drug-likeness (QED) is 0.672. The van der Waals surface area contributed by atoms with Gasteiger partial charge in [-0.3, -0.25) is 0 Å². The molecule has 0 aliphatic heterocycles. The molecule has 1 unspecified atom stereocenters. The van der Waals surface area contributed by atoms with Gasteiger partial charge in [0.05, 0.1) is 11.7 Å². The minimum atomic E-state index is 0.323. The molecule has 0 saturated heterocycles. The number of benzene rings is 1. The number of nitrogens with one attached hydrogen (secondary N) is 1. The van der Waals surface area contributed by atoms with Gasteiger partial charge in [-0.05, 0) is 79.4 Å². The van der Waals surface area contributed by atoms with Gasteiger partial charge in [-0.2, -0.15) is 0 Å². The maximum absolute atomic E-state index is 6.39. The topological polar surface area (TPSA) is 24.9 Å². The molecule has 0 amide bonds. The fraction of sp³-hybridized carbons (Fsp3) is 0.500. The Labute approximate surface area is 155 Å². The van der Waals surface area contributed by atoms with E-state index in [1.54, 1.807) is 6.20 Å². The van der Waals surface area contributed by atoms with Crippen LogP contribution < -0.4 is 5.32 Å². The van der Waals surface area contributed by atoms with E-state index in [4.69, 9.17) is 11.6 Å². The Morgan fingerprint density at radius 3 is 2.16 bits per heavy atom. The molecule has 0 spiro atoms. The summed E-state index contributed by atoms with van der Waals surface area (Å²) in [5.74, 6) is 2.80. The number of pyridine rings is 1. The Kier molecular flexibility index (Phi) is 3.78. The van der Waals surface area contributed by atoms with Crippen LogP contribution in [-0.2, 0) is 0 Å². The maximum atomic E-state index is 6.39. The van der Waals surface area contributed by atoms with Crippen LogP contribution in [0.1, 0.15) is 50.1 Å². The van der Waals surface area contributed by atoms with Crippen molar-refractivity contribution in [1.82, 2.24) is 4.98 Å². The average molecular weight is 353 g/mol. The Bertz CT molecular complexity index is 722. The van der Waals surface area contributed by atoms with E-state index < -0.39 is 0 Å². The molecule has 130 valence electrons. The summed E-state index contributed by atoms with van der Waals surface area (Å²) < 4.78 is 0. The van der Waals surface area contributed by atoms with E-state index >= 15 is 0 Å². The molecule has 1 atom stereocenters. The molecule has 25 heavy (non-hydrogen) atoms. The van der Waals surface area contributed by atoms with Gasteiger partial charge in [0.2, 0.25) is 0 Å². The van der Waals surface area contributed by atoms with Crippen molar-refractivity contribution >= 4 is 17.3 Å². The smallest absolute Gasteiger partial charge is 0.152 e. The Morgan fingerprint density at radius 1 is 0.920 bits per heavy atom. The molecule has 2 aromatic rings. The van der Waals surface area contributed by atoms with E-state index in [0.29, 0.717) is 16.6 Å². The van der Waals surface area contributed by atoms with Gasteiger partial charge in [0.25, 0.3) is 0 Å². The zero-order valence-corrected chi connectivity index (χ0v) is 15.3. The Hall–Kier alpha value is -1.54. The Morgan fingerprint density at radius 2 is 1.56 bits per heavy atom. The fourth-order valence-electron chi connectivity index (χ4n) is 6.42. The SMILES string of the molecule is Clc1ncccc1NC(c1ccccc1)C12CC3CC(CC(C3)C1)C2. The highest BCUT2D eigenvalue weighted by molar-refractivity contribution is 6.31. The predicted molar refractivity (Wildman–Crippen MR) is 103 cm³/mol. The van der Waals surface area contributed by atoms with E-state index in [2.05, 4.69) is 46.7 Å². The summed E-state index contributed by atoms with van der Waals surface area (Å²) in [4.78, 5) is 4.28. The first-order valence-electron chi connectivity index (χ1n) is 9.64. The monoisotopic (exact) mass is 352 g/mol. The first kappa shape index (κ1) is 15.7. The summed E-state index contributed by atoms with van der Waals surface area (Å²) in [6, 6.07) is 15.3. The average Bonchev–Trinajstić information content (AvgIpc) is 2.60. The lowest BCUT2D eigenvalue weighted by molar-refractivity contribution is -0.0639. The van der Waals surface area contributed by atoms with E-state index in [0.717, 1.165) is 23.4 Å². The van der Waals surface area contributed by atoms with Gasteiger partial charge in [-0.15, -0.1) is 0 Å². The number of anilines is 1. The summed E-state index contributed by atoms with van der Waals surface area (Å²) >= 11 is 6.39. The van der Waals surface area contributed by atoms with Crippen molar-refractivity contribution in [3.63, 3.8) is 0 Å². The number of rotatable bonds is 4. The molecule has 3 heteroatoms. The summed E-state index contributed by atoms with van der Waals surface area (Å²) in [5.41, 5.74) is 2.73. The van der Waals surface area contributed by atoms with Crippen molar-refractivity contribution in [2.24, 2.45) is 23.2 Å². The maximum Gasteiger partial charge on any atom is 0.152 e. The van der Waals surface area contributed by atoms with Gasteiger partial charge in [0, 0.05) is 6.20 Å². The normalized spacial score (nSPS) is 34.0. The molecule has 4 aliphatic rings. The van der Waals surface area contributed by atoms with Gasteiger partial charge >= 0.3 is 0 Å². The van der Waals surface area contributed by atoms with Crippen LogP contribution in [0.2, 0.25) is 5.15 Å². The van der Waals surface area contributed by atoms with Crippen LogP contribution in [0.15, 0.2) is 48.7 Å². The Balaban J connectivity index is 1.55. The summed E-state index contributed by atoms with van der Waals surface area (Å²) in [6.07, 6.45) is 10.3. The van der Waals surface area contributed by atoms with Gasteiger partial charge in [0.15, 0.2) is 5.15 Å². The second-order valence-corrected chi connectivity index (χ2v) is 8.97. The molecule has 1 heterocycles. The molecule has 4 saturated carbocycles. The molecule has 6 rings (SSSR count). The van der Waals surface area contributed by atoms with Gasteiger partial charge in [-0.25, -0.2) is 4.98 Å². The number of halogens is 1. The summed E-state index contributed by atoms with van der Waals surface area (Å²) in [6.45, 7) is 0. The standard InChI is InChI=1S/C22H25ClN2/c23-21-19(7-4-8-24-21)25-20(18-5-2-1-3-6-18)22-12-15-9-16(13-22)11-17(10-15)14-22/h1-8,15-17,20,25H,9-14H2. The zero-order valence-electron chi connectivity index (χ0n) is 14.5. The lowest BCUT2D eigenvalue weighted by Gasteiger charge is -2.59. The third kappa shape index (κ3) is 2.75. The van der Waals surface area contributed by atoms with Crippen molar-refractivity contribution in [2.45, 2.75) is 44.6 Å². The molecular weight excluding hydrogens is 328 g/mol. The molecule has 4 aliphatic carbocycles. The van der Waals surface area contributed by atoms with E-state index in [9.17, 15) is 0 Å². The van der Waals surface area contributed by atoms with Crippen molar-refractivity contribution in [2.75, 3.05) is 5.32 Å². The third-order valence-electron chi connectivity index (χ3n) is 6.89. The predicted octanol–water partition coefficient (Wildman–Crippen LogP) is 6.10. The van der Waals surface area contributed by atoms with Crippen LogP contribution in [0.25, 0.3) is 0 Å². The van der Waals surface area contributed by atoms with Crippen LogP contribution >= 0.6 is 11.6 Å². The van der Waals surface area contributed by atoms with Crippen molar-refractivity contribution in [3.8, 4) is 0 Å². The fourth-order valence-corrected chi connectivity index (χ4v) is 6.59. The summed E-state index contributed by atoms with van der Waals surface area (Å²) in [5, 5.41) is 4.40. The molecule has 1 aromatic heterocycles. The van der Waals surface area contributed by atoms with Crippen LogP contribution in [0, 0.1) is 23.2 Å². The van der Waals surface area contributed by atoms with E-state index in [1.165, 1.54) is 44.1 Å². The summed E-state index contributed by atoms with van der Waals surface area (Å²) in [7, 11) is 0. The van der Waals surface area contributed by atoms with Crippen LogP contribution in [0.3, 0.4) is 0 Å². The van der Waals surface area contributed by atoms with Gasteiger partial charge in [-0.1, -0.05) is 41.9 Å². The lowest BCUT2D eigenvalue weighted by Crippen LogP contribution is -2.50. The van der Waals surface area contributed by atoms with Crippen LogP contribution in [0.4, 0.5) is 5.69 Å². The second kappa shape index (κ2) is 6.02. The lowest BCUT2D eigenvalue weighted by atomic mass is 9.47. The molecule has 4 fully saturated rings. The highest BCUT2D eigenvalue weighted by Crippen LogP contribution is 2.64. The van der Waals surface area contributed by atoms with Crippen molar-refractivity contribution in [1.29, 1.82) is 0 Å². The van der Waals surface area contributed by atoms with Gasteiger partial charge in [0.1, 0.15) is 0 Å². The molecule has 2 nitrogen and oxygen atoms in total. The van der Waals surface area contributed by atoms with Gasteiger partial charge < -0.3 is 5.32 Å². The molecule has 1 N–H and O–H groups in total. The largest absolute Gasteiger partial charge is 0.375 e. The first-order valence-corrected chi connectivity index (χ1v) is 10.0. The molecule has 1 aromatic carbocycles. The van der Waals surface area contributed by atoms with Crippen molar-refractivity contribution in [3.05, 3.63) is 59.4 Å². The molecule has 0 radical (unpaired) electrons. The molecule has 4 bridgehead atoms. The number of hydrogen-bond donors (Lipinski definition) is 1. The van der Waals surface area contributed by atoms with Crippen LogP contribution in [0.5, 0.6) is 0 Å². The number of hydrogen-bond acceptors (Lipinski definition) is 2. The highest BCUT2D eigenvalue weighted by Gasteiger charge is 2.54. The minimum absolute atomic E-state index is 0.323. The van der Waals surface area contributed by atoms with E-state index in [1.807, 2.05) is 6.07 Å². The highest BCUT2D eigenvalue weighted by atomic mass is 35.5. The van der Waals surface area contributed by atoms with Crippen LogP contribution in [-0.4, -0.2) is 4.98 Å².